The van der Waals surface area contributed by atoms with Crippen LogP contribution in [0.3, 0.4) is 0 Å². The van der Waals surface area contributed by atoms with Gasteiger partial charge in [-0.25, -0.2) is 0 Å². The SMILES string of the molecule is CC[C@@H](CO)N(Cc1ccccn1)Cc1nn(C)c2cccc(Cl)c12. The lowest BCUT2D eigenvalue weighted by Gasteiger charge is -2.29. The van der Waals surface area contributed by atoms with Crippen LogP contribution in [-0.4, -0.2) is 37.4 Å². The standard InChI is InChI=1S/C19H23ClN4O/c1-3-15(13-25)24(11-14-7-4-5-10-21-14)12-17-19-16(20)8-6-9-18(19)23(2)22-17/h4-10,15,25H,3,11-13H2,1-2H3/t15-/m0/s1. The van der Waals surface area contributed by atoms with Crippen molar-refractivity contribution >= 4 is 22.5 Å². The quantitative estimate of drug-likeness (QED) is 0.703. The number of aryl methyl sites for hydroxylation is 1. The number of hydrogen-bond donors (Lipinski definition) is 1. The van der Waals surface area contributed by atoms with E-state index in [0.717, 1.165) is 28.7 Å². The summed E-state index contributed by atoms with van der Waals surface area (Å²) in [7, 11) is 1.93. The molecule has 1 aromatic carbocycles. The zero-order valence-corrected chi connectivity index (χ0v) is 15.3. The van der Waals surface area contributed by atoms with Crippen LogP contribution in [0.15, 0.2) is 42.6 Å². The normalized spacial score (nSPS) is 12.8. The van der Waals surface area contributed by atoms with Crippen LogP contribution in [0.4, 0.5) is 0 Å². The molecular formula is C19H23ClN4O. The van der Waals surface area contributed by atoms with Crippen molar-refractivity contribution in [3.05, 3.63) is 59.0 Å². The topological polar surface area (TPSA) is 54.2 Å². The van der Waals surface area contributed by atoms with Crippen molar-refractivity contribution in [3.63, 3.8) is 0 Å². The lowest BCUT2D eigenvalue weighted by Crippen LogP contribution is -2.37. The van der Waals surface area contributed by atoms with E-state index in [-0.39, 0.29) is 12.6 Å². The molecule has 1 N–H and O–H groups in total. The summed E-state index contributed by atoms with van der Waals surface area (Å²) in [6.45, 7) is 3.44. The van der Waals surface area contributed by atoms with Crippen LogP contribution in [-0.2, 0) is 20.1 Å². The number of benzene rings is 1. The van der Waals surface area contributed by atoms with Gasteiger partial charge in [-0.3, -0.25) is 14.6 Å². The van der Waals surface area contributed by atoms with Gasteiger partial charge in [-0.15, -0.1) is 0 Å². The highest BCUT2D eigenvalue weighted by atomic mass is 35.5. The van der Waals surface area contributed by atoms with Gasteiger partial charge in [-0.1, -0.05) is 30.7 Å². The van der Waals surface area contributed by atoms with E-state index in [1.54, 1.807) is 6.20 Å². The average molecular weight is 359 g/mol. The first-order chi connectivity index (χ1) is 12.1. The second kappa shape index (κ2) is 7.95. The minimum atomic E-state index is 0.0431. The molecule has 3 rings (SSSR count). The molecule has 0 radical (unpaired) electrons. The summed E-state index contributed by atoms with van der Waals surface area (Å²) in [5.74, 6) is 0. The molecule has 25 heavy (non-hydrogen) atoms. The molecule has 0 aliphatic carbocycles. The monoisotopic (exact) mass is 358 g/mol. The Balaban J connectivity index is 1.95. The zero-order chi connectivity index (χ0) is 17.8. The van der Waals surface area contributed by atoms with Crippen LogP contribution < -0.4 is 0 Å². The summed E-state index contributed by atoms with van der Waals surface area (Å²) < 4.78 is 1.86. The maximum Gasteiger partial charge on any atom is 0.0858 e. The van der Waals surface area contributed by atoms with E-state index >= 15 is 0 Å². The third-order valence-electron chi connectivity index (χ3n) is 4.54. The van der Waals surface area contributed by atoms with E-state index in [2.05, 4.69) is 21.9 Å². The summed E-state index contributed by atoms with van der Waals surface area (Å²) in [6, 6.07) is 11.8. The first-order valence-electron chi connectivity index (χ1n) is 8.49. The van der Waals surface area contributed by atoms with Crippen LogP contribution in [0.1, 0.15) is 24.7 Å². The number of rotatable bonds is 7. The number of pyridine rings is 1. The van der Waals surface area contributed by atoms with Crippen molar-refractivity contribution in [1.29, 1.82) is 0 Å². The predicted octanol–water partition coefficient (Wildman–Crippen LogP) is 3.39. The maximum atomic E-state index is 9.81. The lowest BCUT2D eigenvalue weighted by atomic mass is 10.1. The summed E-state index contributed by atoms with van der Waals surface area (Å²) in [6.07, 6.45) is 2.64. The second-order valence-electron chi connectivity index (χ2n) is 6.17. The van der Waals surface area contributed by atoms with E-state index in [1.807, 2.05) is 48.1 Å². The molecule has 2 heterocycles. The molecule has 3 aromatic rings. The van der Waals surface area contributed by atoms with E-state index in [1.165, 1.54) is 0 Å². The zero-order valence-electron chi connectivity index (χ0n) is 14.6. The van der Waals surface area contributed by atoms with Crippen molar-refractivity contribution in [3.8, 4) is 0 Å². The van der Waals surface area contributed by atoms with Crippen LogP contribution in [0.2, 0.25) is 5.02 Å². The number of halogens is 1. The highest BCUT2D eigenvalue weighted by molar-refractivity contribution is 6.35. The Morgan fingerprint density at radius 2 is 2.04 bits per heavy atom. The van der Waals surface area contributed by atoms with Gasteiger partial charge in [0.1, 0.15) is 0 Å². The molecule has 0 saturated heterocycles. The van der Waals surface area contributed by atoms with Gasteiger partial charge in [0.05, 0.1) is 28.5 Å². The van der Waals surface area contributed by atoms with Crippen molar-refractivity contribution in [2.45, 2.75) is 32.5 Å². The molecule has 5 nitrogen and oxygen atoms in total. The molecule has 2 aromatic heterocycles. The molecular weight excluding hydrogens is 336 g/mol. The Hall–Kier alpha value is -1.95. The van der Waals surface area contributed by atoms with E-state index in [4.69, 9.17) is 11.6 Å². The number of aliphatic hydroxyl groups excluding tert-OH is 1. The lowest BCUT2D eigenvalue weighted by molar-refractivity contribution is 0.104. The van der Waals surface area contributed by atoms with Crippen molar-refractivity contribution < 1.29 is 5.11 Å². The third-order valence-corrected chi connectivity index (χ3v) is 4.86. The molecule has 0 spiro atoms. The van der Waals surface area contributed by atoms with Crippen LogP contribution in [0, 0.1) is 0 Å². The predicted molar refractivity (Wildman–Crippen MR) is 100 cm³/mol. The summed E-state index contributed by atoms with van der Waals surface area (Å²) in [5, 5.41) is 16.2. The first-order valence-corrected chi connectivity index (χ1v) is 8.86. The van der Waals surface area contributed by atoms with Crippen LogP contribution >= 0.6 is 11.6 Å². The van der Waals surface area contributed by atoms with Gasteiger partial charge in [-0.05, 0) is 30.7 Å². The number of nitrogens with zero attached hydrogens (tertiary/aromatic N) is 4. The minimum Gasteiger partial charge on any atom is -0.395 e. The smallest absolute Gasteiger partial charge is 0.0858 e. The Labute approximate surface area is 152 Å². The molecule has 0 unspecified atom stereocenters. The van der Waals surface area contributed by atoms with Crippen molar-refractivity contribution in [2.75, 3.05) is 6.61 Å². The van der Waals surface area contributed by atoms with Crippen molar-refractivity contribution in [1.82, 2.24) is 19.7 Å². The molecule has 0 bridgehead atoms. The molecule has 1 atom stereocenters. The Morgan fingerprint density at radius 1 is 1.20 bits per heavy atom. The van der Waals surface area contributed by atoms with Gasteiger partial charge >= 0.3 is 0 Å². The molecule has 0 fully saturated rings. The molecule has 0 aliphatic heterocycles. The summed E-state index contributed by atoms with van der Waals surface area (Å²) in [5.41, 5.74) is 2.91. The molecule has 6 heteroatoms. The van der Waals surface area contributed by atoms with Crippen LogP contribution in [0.5, 0.6) is 0 Å². The van der Waals surface area contributed by atoms with Gasteiger partial charge < -0.3 is 5.11 Å². The summed E-state index contributed by atoms with van der Waals surface area (Å²) in [4.78, 5) is 6.64. The van der Waals surface area contributed by atoms with Gasteiger partial charge in [-0.2, -0.15) is 5.10 Å². The highest BCUT2D eigenvalue weighted by Crippen LogP contribution is 2.28. The number of hydrogen-bond acceptors (Lipinski definition) is 4. The molecule has 0 saturated carbocycles. The van der Waals surface area contributed by atoms with Gasteiger partial charge in [0.2, 0.25) is 0 Å². The fraction of sp³-hybridized carbons (Fsp3) is 0.368. The molecule has 0 aliphatic rings. The molecule has 0 amide bonds. The van der Waals surface area contributed by atoms with Gasteiger partial charge in [0.15, 0.2) is 0 Å². The Morgan fingerprint density at radius 3 is 2.72 bits per heavy atom. The third kappa shape index (κ3) is 3.84. The maximum absolute atomic E-state index is 9.81. The number of fused-ring (bicyclic) bond motifs is 1. The van der Waals surface area contributed by atoms with Gasteiger partial charge in [0, 0.05) is 37.8 Å². The second-order valence-corrected chi connectivity index (χ2v) is 6.58. The fourth-order valence-electron chi connectivity index (χ4n) is 3.17. The first kappa shape index (κ1) is 17.9. The number of aliphatic hydroxyl groups is 1. The minimum absolute atomic E-state index is 0.0431. The fourth-order valence-corrected chi connectivity index (χ4v) is 3.45. The highest BCUT2D eigenvalue weighted by Gasteiger charge is 2.21. The van der Waals surface area contributed by atoms with Crippen LogP contribution in [0.25, 0.3) is 10.9 Å². The summed E-state index contributed by atoms with van der Waals surface area (Å²) >= 11 is 6.43. The molecule has 132 valence electrons. The largest absolute Gasteiger partial charge is 0.395 e. The Bertz CT molecular complexity index is 830. The van der Waals surface area contributed by atoms with E-state index in [0.29, 0.717) is 18.1 Å². The van der Waals surface area contributed by atoms with Crippen molar-refractivity contribution in [2.24, 2.45) is 7.05 Å². The van der Waals surface area contributed by atoms with Gasteiger partial charge in [0.25, 0.3) is 0 Å². The van der Waals surface area contributed by atoms with E-state index < -0.39 is 0 Å². The average Bonchev–Trinajstić information content (AvgIpc) is 2.94. The number of aromatic nitrogens is 3. The Kier molecular flexibility index (Phi) is 5.68. The van der Waals surface area contributed by atoms with E-state index in [9.17, 15) is 5.11 Å².